The molecule has 1 aromatic carbocycles. The Morgan fingerprint density at radius 1 is 1.32 bits per heavy atom. The zero-order valence-electron chi connectivity index (χ0n) is 10.8. The van der Waals surface area contributed by atoms with Crippen LogP contribution < -0.4 is 5.32 Å². The molecule has 0 saturated carbocycles. The van der Waals surface area contributed by atoms with Gasteiger partial charge < -0.3 is 9.73 Å². The number of nitrogens with zero attached hydrogens (tertiary/aromatic N) is 1. The summed E-state index contributed by atoms with van der Waals surface area (Å²) in [5.74, 6) is 0.802. The number of piperidine rings is 1. The predicted octanol–water partition coefficient (Wildman–Crippen LogP) is 4.17. The normalized spacial score (nSPS) is 18.9. The fraction of sp³-hybridized carbons (Fsp3) is 0.500. The summed E-state index contributed by atoms with van der Waals surface area (Å²) in [7, 11) is 0. The third-order valence-electron chi connectivity index (χ3n) is 4.10. The van der Waals surface area contributed by atoms with Crippen molar-refractivity contribution in [2.75, 3.05) is 13.1 Å². The van der Waals surface area contributed by atoms with Gasteiger partial charge >= 0.3 is 0 Å². The highest BCUT2D eigenvalue weighted by Gasteiger charge is 2.37. The smallest absolute Gasteiger partial charge is 0.201 e. The summed E-state index contributed by atoms with van der Waals surface area (Å²) < 4.78 is 5.96. The largest absolute Gasteiger partial charge is 0.439 e. The van der Waals surface area contributed by atoms with Crippen LogP contribution in [0.15, 0.2) is 16.5 Å². The lowest BCUT2D eigenvalue weighted by atomic mass is 9.76. The van der Waals surface area contributed by atoms with Crippen LogP contribution in [-0.2, 0) is 5.41 Å². The van der Waals surface area contributed by atoms with Gasteiger partial charge in [-0.2, -0.15) is 0 Å². The minimum absolute atomic E-state index is 0.0279. The number of halogens is 2. The standard InChI is InChI=1S/C14H16Cl2N2O/c1-2-14(3-5-17-6-4-14)13-18-11-8-9(15)7-10(16)12(11)19-13/h7-8,17H,2-6H2,1H3. The fourth-order valence-electron chi connectivity index (χ4n) is 2.81. The molecule has 19 heavy (non-hydrogen) atoms. The van der Waals surface area contributed by atoms with Crippen LogP contribution in [0.3, 0.4) is 0 Å². The lowest BCUT2D eigenvalue weighted by Gasteiger charge is -2.33. The summed E-state index contributed by atoms with van der Waals surface area (Å²) >= 11 is 12.2. The Kier molecular flexibility index (Phi) is 3.46. The third kappa shape index (κ3) is 2.24. The van der Waals surface area contributed by atoms with Crippen molar-refractivity contribution in [3.05, 3.63) is 28.1 Å². The maximum atomic E-state index is 6.17. The number of rotatable bonds is 2. The van der Waals surface area contributed by atoms with Crippen LogP contribution in [0.1, 0.15) is 32.1 Å². The summed E-state index contributed by atoms with van der Waals surface area (Å²) in [4.78, 5) is 4.64. The Morgan fingerprint density at radius 3 is 2.74 bits per heavy atom. The summed E-state index contributed by atoms with van der Waals surface area (Å²) in [5.41, 5.74) is 1.42. The van der Waals surface area contributed by atoms with Crippen molar-refractivity contribution in [2.45, 2.75) is 31.6 Å². The van der Waals surface area contributed by atoms with E-state index in [4.69, 9.17) is 27.6 Å². The Balaban J connectivity index is 2.11. The van der Waals surface area contributed by atoms with Crippen LogP contribution in [-0.4, -0.2) is 18.1 Å². The molecule has 0 amide bonds. The molecule has 1 aliphatic rings. The quantitative estimate of drug-likeness (QED) is 0.904. The zero-order chi connectivity index (χ0) is 13.5. The molecule has 2 aromatic rings. The summed E-state index contributed by atoms with van der Waals surface area (Å²) in [5, 5.41) is 4.50. The van der Waals surface area contributed by atoms with E-state index in [1.54, 1.807) is 12.1 Å². The molecule has 3 rings (SSSR count). The topological polar surface area (TPSA) is 38.1 Å². The van der Waals surface area contributed by atoms with Crippen molar-refractivity contribution in [1.82, 2.24) is 10.3 Å². The van der Waals surface area contributed by atoms with Crippen LogP contribution >= 0.6 is 23.2 Å². The Morgan fingerprint density at radius 2 is 2.05 bits per heavy atom. The average Bonchev–Trinajstić information content (AvgIpc) is 2.84. The monoisotopic (exact) mass is 298 g/mol. The molecule has 3 nitrogen and oxygen atoms in total. The molecule has 0 radical (unpaired) electrons. The second kappa shape index (κ2) is 4.97. The first-order valence-electron chi connectivity index (χ1n) is 6.61. The van der Waals surface area contributed by atoms with E-state index in [9.17, 15) is 0 Å². The van der Waals surface area contributed by atoms with E-state index in [0.717, 1.165) is 43.8 Å². The van der Waals surface area contributed by atoms with Gasteiger partial charge in [-0.05, 0) is 44.5 Å². The molecule has 1 N–H and O–H groups in total. The van der Waals surface area contributed by atoms with Crippen molar-refractivity contribution in [3.63, 3.8) is 0 Å². The highest BCUT2D eigenvalue weighted by Crippen LogP contribution is 2.39. The molecular formula is C14H16Cl2N2O. The molecule has 1 aromatic heterocycles. The first-order valence-corrected chi connectivity index (χ1v) is 7.37. The average molecular weight is 299 g/mol. The van der Waals surface area contributed by atoms with Gasteiger partial charge in [0.25, 0.3) is 0 Å². The minimum atomic E-state index is 0.0279. The summed E-state index contributed by atoms with van der Waals surface area (Å²) in [6.45, 7) is 4.19. The highest BCUT2D eigenvalue weighted by molar-refractivity contribution is 6.37. The maximum absolute atomic E-state index is 6.17. The Labute approximate surface area is 122 Å². The number of oxazole rings is 1. The van der Waals surface area contributed by atoms with Crippen molar-refractivity contribution < 1.29 is 4.42 Å². The third-order valence-corrected chi connectivity index (χ3v) is 4.60. The predicted molar refractivity (Wildman–Crippen MR) is 78.1 cm³/mol. The van der Waals surface area contributed by atoms with Gasteiger partial charge in [0.05, 0.1) is 5.02 Å². The van der Waals surface area contributed by atoms with Crippen molar-refractivity contribution in [1.29, 1.82) is 0 Å². The van der Waals surface area contributed by atoms with E-state index in [1.165, 1.54) is 0 Å². The minimum Gasteiger partial charge on any atom is -0.439 e. The fourth-order valence-corrected chi connectivity index (χ4v) is 3.33. The van der Waals surface area contributed by atoms with Crippen LogP contribution in [0.5, 0.6) is 0 Å². The van der Waals surface area contributed by atoms with Crippen molar-refractivity contribution >= 4 is 34.3 Å². The number of fused-ring (bicyclic) bond motifs is 1. The lowest BCUT2D eigenvalue weighted by Crippen LogP contribution is -2.39. The number of hydrogen-bond donors (Lipinski definition) is 1. The summed E-state index contributed by atoms with van der Waals surface area (Å²) in [6, 6.07) is 3.50. The lowest BCUT2D eigenvalue weighted by molar-refractivity contribution is 0.243. The second-order valence-corrected chi connectivity index (χ2v) is 5.98. The first-order chi connectivity index (χ1) is 9.14. The Hall–Kier alpha value is -0.770. The number of hydrogen-bond acceptors (Lipinski definition) is 3. The van der Waals surface area contributed by atoms with Gasteiger partial charge in [0, 0.05) is 10.4 Å². The second-order valence-electron chi connectivity index (χ2n) is 5.14. The molecule has 2 heterocycles. The molecule has 5 heteroatoms. The van der Waals surface area contributed by atoms with E-state index in [-0.39, 0.29) is 5.41 Å². The highest BCUT2D eigenvalue weighted by atomic mass is 35.5. The van der Waals surface area contributed by atoms with Gasteiger partial charge in [-0.25, -0.2) is 4.98 Å². The van der Waals surface area contributed by atoms with E-state index in [2.05, 4.69) is 17.2 Å². The van der Waals surface area contributed by atoms with Gasteiger partial charge in [-0.15, -0.1) is 0 Å². The molecular weight excluding hydrogens is 283 g/mol. The number of benzene rings is 1. The zero-order valence-corrected chi connectivity index (χ0v) is 12.3. The van der Waals surface area contributed by atoms with Gasteiger partial charge in [0.1, 0.15) is 5.52 Å². The van der Waals surface area contributed by atoms with Crippen LogP contribution in [0.4, 0.5) is 0 Å². The molecule has 0 bridgehead atoms. The van der Waals surface area contributed by atoms with Crippen molar-refractivity contribution in [2.24, 2.45) is 0 Å². The molecule has 0 atom stereocenters. The van der Waals surface area contributed by atoms with E-state index in [1.807, 2.05) is 0 Å². The number of nitrogens with one attached hydrogen (secondary N) is 1. The van der Waals surface area contributed by atoms with Gasteiger partial charge in [-0.1, -0.05) is 30.1 Å². The molecule has 0 unspecified atom stereocenters. The van der Waals surface area contributed by atoms with Crippen LogP contribution in [0.25, 0.3) is 11.1 Å². The van der Waals surface area contributed by atoms with Gasteiger partial charge in [0.15, 0.2) is 5.58 Å². The van der Waals surface area contributed by atoms with Gasteiger partial charge in [0.2, 0.25) is 5.89 Å². The van der Waals surface area contributed by atoms with Crippen LogP contribution in [0.2, 0.25) is 10.0 Å². The molecule has 0 aliphatic carbocycles. The van der Waals surface area contributed by atoms with Crippen LogP contribution in [0, 0.1) is 0 Å². The van der Waals surface area contributed by atoms with E-state index < -0.39 is 0 Å². The maximum Gasteiger partial charge on any atom is 0.201 e. The SMILES string of the molecule is CCC1(c2nc3cc(Cl)cc(Cl)c3o2)CCNCC1. The molecule has 1 fully saturated rings. The van der Waals surface area contributed by atoms with Crippen molar-refractivity contribution in [3.8, 4) is 0 Å². The van der Waals surface area contributed by atoms with E-state index in [0.29, 0.717) is 15.6 Å². The first kappa shape index (κ1) is 13.2. The Bertz CT molecular complexity index is 603. The number of aromatic nitrogens is 1. The van der Waals surface area contributed by atoms with E-state index >= 15 is 0 Å². The molecule has 1 saturated heterocycles. The van der Waals surface area contributed by atoms with Gasteiger partial charge in [-0.3, -0.25) is 0 Å². The molecule has 1 aliphatic heterocycles. The summed E-state index contributed by atoms with van der Waals surface area (Å²) in [6.07, 6.45) is 3.11. The molecule has 102 valence electrons. The molecule has 0 spiro atoms.